The first-order chi connectivity index (χ1) is 9.74. The predicted molar refractivity (Wildman–Crippen MR) is 77.7 cm³/mol. The van der Waals surface area contributed by atoms with E-state index in [-0.39, 0.29) is 24.5 Å². The minimum atomic E-state index is 0.0567. The van der Waals surface area contributed by atoms with Gasteiger partial charge in [-0.3, -0.25) is 4.79 Å². The topological polar surface area (TPSA) is 58.6 Å². The molecule has 1 fully saturated rings. The lowest BCUT2D eigenvalue weighted by molar-refractivity contribution is -0.122. The summed E-state index contributed by atoms with van der Waals surface area (Å²) >= 11 is 0. The van der Waals surface area contributed by atoms with Crippen LogP contribution in [0.1, 0.15) is 31.2 Å². The number of aliphatic hydroxyl groups excluding tert-OH is 1. The minimum Gasteiger partial charge on any atom is -0.496 e. The normalized spacial score (nSPS) is 21.7. The Morgan fingerprint density at radius 2 is 2.20 bits per heavy atom. The second-order valence-electron chi connectivity index (χ2n) is 5.36. The van der Waals surface area contributed by atoms with Gasteiger partial charge in [-0.15, -0.1) is 0 Å². The minimum absolute atomic E-state index is 0.0567. The molecule has 0 heterocycles. The first-order valence-corrected chi connectivity index (χ1v) is 7.26. The summed E-state index contributed by atoms with van der Waals surface area (Å²) in [6, 6.07) is 7.91. The number of aryl methyl sites for hydroxylation is 1. The lowest BCUT2D eigenvalue weighted by Crippen LogP contribution is -2.38. The standard InChI is InChI=1S/C16H23NO3/c1-20-15-8-3-2-5-12(15)9-10-16(19)17-14-7-4-6-13(14)11-18/h2-3,5,8,13-14,18H,4,6-7,9-11H2,1H3,(H,17,19). The fraction of sp³-hybridized carbons (Fsp3) is 0.562. The molecule has 2 unspecified atom stereocenters. The number of carbonyl (C=O) groups is 1. The predicted octanol–water partition coefficient (Wildman–Crippen LogP) is 1.90. The number of methoxy groups -OCH3 is 1. The van der Waals surface area contributed by atoms with Crippen LogP contribution in [0.25, 0.3) is 0 Å². The van der Waals surface area contributed by atoms with Crippen molar-refractivity contribution in [1.82, 2.24) is 5.32 Å². The molecule has 110 valence electrons. The molecule has 1 aliphatic carbocycles. The van der Waals surface area contributed by atoms with Crippen LogP contribution in [0.5, 0.6) is 5.75 Å². The van der Waals surface area contributed by atoms with Crippen molar-refractivity contribution in [3.8, 4) is 5.75 Å². The molecule has 2 N–H and O–H groups in total. The number of ether oxygens (including phenoxy) is 1. The van der Waals surface area contributed by atoms with E-state index in [4.69, 9.17) is 4.74 Å². The van der Waals surface area contributed by atoms with E-state index in [0.29, 0.717) is 12.8 Å². The highest BCUT2D eigenvalue weighted by atomic mass is 16.5. The number of nitrogens with one attached hydrogen (secondary N) is 1. The summed E-state index contributed by atoms with van der Waals surface area (Å²) in [6.45, 7) is 0.164. The van der Waals surface area contributed by atoms with Crippen LogP contribution in [0.2, 0.25) is 0 Å². The third-order valence-corrected chi connectivity index (χ3v) is 4.05. The van der Waals surface area contributed by atoms with Gasteiger partial charge in [-0.25, -0.2) is 0 Å². The summed E-state index contributed by atoms with van der Waals surface area (Å²) in [5.74, 6) is 1.11. The van der Waals surface area contributed by atoms with Crippen molar-refractivity contribution >= 4 is 5.91 Å². The lowest BCUT2D eigenvalue weighted by atomic mass is 10.0. The Balaban J connectivity index is 1.83. The van der Waals surface area contributed by atoms with Crippen LogP contribution in [-0.2, 0) is 11.2 Å². The maximum absolute atomic E-state index is 12.0. The number of hydrogen-bond acceptors (Lipinski definition) is 3. The molecule has 1 aromatic rings. The maximum atomic E-state index is 12.0. The van der Waals surface area contributed by atoms with E-state index in [0.717, 1.165) is 30.6 Å². The number of aliphatic hydroxyl groups is 1. The fourth-order valence-electron chi connectivity index (χ4n) is 2.88. The van der Waals surface area contributed by atoms with Crippen LogP contribution in [0, 0.1) is 5.92 Å². The number of benzene rings is 1. The van der Waals surface area contributed by atoms with E-state index >= 15 is 0 Å². The van der Waals surface area contributed by atoms with Crippen molar-refractivity contribution in [1.29, 1.82) is 0 Å². The summed E-state index contributed by atoms with van der Waals surface area (Å²) in [5.41, 5.74) is 1.05. The first-order valence-electron chi connectivity index (χ1n) is 7.26. The Bertz CT molecular complexity index is 447. The van der Waals surface area contributed by atoms with E-state index in [1.54, 1.807) is 7.11 Å². The molecule has 1 amide bonds. The molecule has 0 spiro atoms. The number of rotatable bonds is 6. The van der Waals surface area contributed by atoms with Crippen LogP contribution in [0.15, 0.2) is 24.3 Å². The maximum Gasteiger partial charge on any atom is 0.220 e. The Morgan fingerprint density at radius 1 is 1.40 bits per heavy atom. The average Bonchev–Trinajstić information content (AvgIpc) is 2.92. The second-order valence-corrected chi connectivity index (χ2v) is 5.36. The quantitative estimate of drug-likeness (QED) is 0.835. The van der Waals surface area contributed by atoms with Crippen LogP contribution < -0.4 is 10.1 Å². The van der Waals surface area contributed by atoms with E-state index in [2.05, 4.69) is 5.32 Å². The Hall–Kier alpha value is -1.55. The summed E-state index contributed by atoms with van der Waals surface area (Å²) in [5, 5.41) is 12.3. The molecule has 1 saturated carbocycles. The molecule has 1 aromatic carbocycles. The first kappa shape index (κ1) is 14.9. The molecular formula is C16H23NO3. The van der Waals surface area contributed by atoms with Gasteiger partial charge in [0, 0.05) is 25.0 Å². The molecule has 0 aromatic heterocycles. The largest absolute Gasteiger partial charge is 0.496 e. The van der Waals surface area contributed by atoms with Gasteiger partial charge in [-0.1, -0.05) is 24.6 Å². The average molecular weight is 277 g/mol. The number of para-hydroxylation sites is 1. The van der Waals surface area contributed by atoms with Crippen molar-refractivity contribution in [2.75, 3.05) is 13.7 Å². The summed E-state index contributed by atoms with van der Waals surface area (Å²) in [7, 11) is 1.64. The summed E-state index contributed by atoms with van der Waals surface area (Å²) in [6.07, 6.45) is 4.20. The van der Waals surface area contributed by atoms with Crippen LogP contribution >= 0.6 is 0 Å². The van der Waals surface area contributed by atoms with Crippen LogP contribution in [-0.4, -0.2) is 30.8 Å². The van der Waals surface area contributed by atoms with Gasteiger partial charge in [0.25, 0.3) is 0 Å². The Labute approximate surface area is 120 Å². The molecule has 2 atom stereocenters. The summed E-state index contributed by atoms with van der Waals surface area (Å²) < 4.78 is 5.28. The Kier molecular flexibility index (Phi) is 5.41. The van der Waals surface area contributed by atoms with Crippen LogP contribution in [0.4, 0.5) is 0 Å². The molecule has 2 rings (SSSR count). The van der Waals surface area contributed by atoms with Gasteiger partial charge < -0.3 is 15.2 Å². The van der Waals surface area contributed by atoms with Gasteiger partial charge in [0.05, 0.1) is 7.11 Å². The zero-order chi connectivity index (χ0) is 14.4. The lowest BCUT2D eigenvalue weighted by Gasteiger charge is -2.19. The molecule has 0 bridgehead atoms. The third kappa shape index (κ3) is 3.73. The zero-order valence-corrected chi connectivity index (χ0v) is 12.0. The Morgan fingerprint density at radius 3 is 2.95 bits per heavy atom. The SMILES string of the molecule is COc1ccccc1CCC(=O)NC1CCCC1CO. The molecule has 0 aliphatic heterocycles. The van der Waals surface area contributed by atoms with E-state index < -0.39 is 0 Å². The monoisotopic (exact) mass is 277 g/mol. The molecule has 0 radical (unpaired) electrons. The molecule has 20 heavy (non-hydrogen) atoms. The van der Waals surface area contributed by atoms with Crippen molar-refractivity contribution in [3.63, 3.8) is 0 Å². The van der Waals surface area contributed by atoms with Crippen molar-refractivity contribution < 1.29 is 14.6 Å². The van der Waals surface area contributed by atoms with E-state index in [1.807, 2.05) is 24.3 Å². The smallest absolute Gasteiger partial charge is 0.220 e. The molecule has 1 aliphatic rings. The van der Waals surface area contributed by atoms with Crippen molar-refractivity contribution in [2.24, 2.45) is 5.92 Å². The van der Waals surface area contributed by atoms with Gasteiger partial charge in [0.15, 0.2) is 0 Å². The van der Waals surface area contributed by atoms with Gasteiger partial charge in [0.1, 0.15) is 5.75 Å². The fourth-order valence-corrected chi connectivity index (χ4v) is 2.88. The van der Waals surface area contributed by atoms with Gasteiger partial charge in [-0.05, 0) is 30.9 Å². The van der Waals surface area contributed by atoms with E-state index in [1.165, 1.54) is 0 Å². The van der Waals surface area contributed by atoms with Gasteiger partial charge >= 0.3 is 0 Å². The second kappa shape index (κ2) is 7.29. The number of hydrogen-bond donors (Lipinski definition) is 2. The third-order valence-electron chi connectivity index (χ3n) is 4.05. The molecule has 0 saturated heterocycles. The number of amides is 1. The zero-order valence-electron chi connectivity index (χ0n) is 12.0. The highest BCUT2D eigenvalue weighted by molar-refractivity contribution is 5.76. The molecular weight excluding hydrogens is 254 g/mol. The van der Waals surface area contributed by atoms with Crippen molar-refractivity contribution in [2.45, 2.75) is 38.1 Å². The highest BCUT2D eigenvalue weighted by Crippen LogP contribution is 2.25. The number of carbonyl (C=O) groups excluding carboxylic acids is 1. The van der Waals surface area contributed by atoms with Gasteiger partial charge in [-0.2, -0.15) is 0 Å². The van der Waals surface area contributed by atoms with Crippen molar-refractivity contribution in [3.05, 3.63) is 29.8 Å². The highest BCUT2D eigenvalue weighted by Gasteiger charge is 2.27. The molecule has 4 heteroatoms. The summed E-state index contributed by atoms with van der Waals surface area (Å²) in [4.78, 5) is 12.0. The van der Waals surface area contributed by atoms with Gasteiger partial charge in [0.2, 0.25) is 5.91 Å². The van der Waals surface area contributed by atoms with E-state index in [9.17, 15) is 9.90 Å². The van der Waals surface area contributed by atoms with Crippen LogP contribution in [0.3, 0.4) is 0 Å². The molecule has 4 nitrogen and oxygen atoms in total.